The molecule has 1 rings (SSSR count). The van der Waals surface area contributed by atoms with E-state index in [4.69, 9.17) is 0 Å². The molecule has 0 saturated carbocycles. The number of carbonyl (C=O) groups is 1. The van der Waals surface area contributed by atoms with Gasteiger partial charge in [-0.15, -0.1) is 0 Å². The molecular weight excluding hydrogens is 196 g/mol. The first-order valence-corrected chi connectivity index (χ1v) is 6.31. The summed E-state index contributed by atoms with van der Waals surface area (Å²) in [6, 6.07) is 0. The molecule has 1 heteroatoms. The fraction of sp³-hybridized carbons (Fsp3) is 0.667. The maximum atomic E-state index is 10.8. The summed E-state index contributed by atoms with van der Waals surface area (Å²) in [6.45, 7) is 8.90. The summed E-state index contributed by atoms with van der Waals surface area (Å²) in [6.07, 6.45) is 11.0. The largest absolute Gasteiger partial charge is 0.303 e. The van der Waals surface area contributed by atoms with Crippen LogP contribution in [0.15, 0.2) is 23.8 Å². The standard InChI is InChI=1S/C15H24O/c1-5-13(11-16)8-9-14-12(2)7-6-10-15(14,3)4/h7-9,11,13-14H,5-6,10H2,1-4H3. The van der Waals surface area contributed by atoms with Gasteiger partial charge in [0.25, 0.3) is 0 Å². The first-order chi connectivity index (χ1) is 7.51. The first kappa shape index (κ1) is 13.2. The van der Waals surface area contributed by atoms with Crippen molar-refractivity contribution < 1.29 is 4.79 Å². The Balaban J connectivity index is 2.80. The van der Waals surface area contributed by atoms with Gasteiger partial charge in [-0.1, -0.05) is 44.6 Å². The SMILES string of the molecule is CCC(C=O)C=CC1C(C)=CCCC1(C)C. The van der Waals surface area contributed by atoms with Crippen molar-refractivity contribution in [3.8, 4) is 0 Å². The fourth-order valence-corrected chi connectivity index (χ4v) is 2.51. The number of aldehydes is 1. The molecule has 90 valence electrons. The molecule has 0 saturated heterocycles. The highest BCUT2D eigenvalue weighted by Crippen LogP contribution is 2.41. The van der Waals surface area contributed by atoms with Crippen molar-refractivity contribution in [3.63, 3.8) is 0 Å². The molecule has 0 heterocycles. The lowest BCUT2D eigenvalue weighted by atomic mass is 9.68. The molecule has 1 nitrogen and oxygen atoms in total. The number of hydrogen-bond donors (Lipinski definition) is 0. The van der Waals surface area contributed by atoms with Crippen LogP contribution in [0, 0.1) is 17.3 Å². The smallest absolute Gasteiger partial charge is 0.126 e. The minimum absolute atomic E-state index is 0.0885. The predicted octanol–water partition coefficient (Wildman–Crippen LogP) is 4.15. The van der Waals surface area contributed by atoms with Crippen LogP contribution in [-0.2, 0) is 4.79 Å². The zero-order valence-electron chi connectivity index (χ0n) is 11.0. The van der Waals surface area contributed by atoms with Crippen LogP contribution in [0.1, 0.15) is 47.0 Å². The lowest BCUT2D eigenvalue weighted by Crippen LogP contribution is -2.26. The van der Waals surface area contributed by atoms with Gasteiger partial charge in [-0.3, -0.25) is 0 Å². The van der Waals surface area contributed by atoms with Crippen molar-refractivity contribution in [1.29, 1.82) is 0 Å². The molecule has 0 aromatic carbocycles. The van der Waals surface area contributed by atoms with E-state index in [1.165, 1.54) is 18.4 Å². The van der Waals surface area contributed by atoms with E-state index in [0.29, 0.717) is 11.3 Å². The Morgan fingerprint density at radius 1 is 1.56 bits per heavy atom. The second-order valence-electron chi connectivity index (χ2n) is 5.55. The summed E-state index contributed by atoms with van der Waals surface area (Å²) in [5.74, 6) is 0.584. The third-order valence-electron chi connectivity index (χ3n) is 3.78. The molecule has 0 aromatic heterocycles. The van der Waals surface area contributed by atoms with Crippen molar-refractivity contribution in [1.82, 2.24) is 0 Å². The van der Waals surface area contributed by atoms with Gasteiger partial charge >= 0.3 is 0 Å². The van der Waals surface area contributed by atoms with Gasteiger partial charge < -0.3 is 4.79 Å². The number of rotatable bonds is 4. The summed E-state index contributed by atoms with van der Waals surface area (Å²) >= 11 is 0. The van der Waals surface area contributed by atoms with Crippen LogP contribution in [0.3, 0.4) is 0 Å². The molecule has 0 fully saturated rings. The van der Waals surface area contributed by atoms with Crippen molar-refractivity contribution in [2.45, 2.75) is 47.0 Å². The molecular formula is C15H24O. The molecule has 0 bridgehead atoms. The second-order valence-corrected chi connectivity index (χ2v) is 5.55. The van der Waals surface area contributed by atoms with Gasteiger partial charge in [-0.05, 0) is 31.6 Å². The average molecular weight is 220 g/mol. The quantitative estimate of drug-likeness (QED) is 0.514. The third-order valence-corrected chi connectivity index (χ3v) is 3.78. The van der Waals surface area contributed by atoms with Crippen LogP contribution >= 0.6 is 0 Å². The molecule has 1 aliphatic rings. The van der Waals surface area contributed by atoms with Gasteiger partial charge in [0.1, 0.15) is 6.29 Å². The van der Waals surface area contributed by atoms with Crippen LogP contribution in [0.5, 0.6) is 0 Å². The van der Waals surface area contributed by atoms with E-state index in [9.17, 15) is 4.79 Å². The third kappa shape index (κ3) is 3.07. The molecule has 0 amide bonds. The van der Waals surface area contributed by atoms with Gasteiger partial charge in [0.05, 0.1) is 0 Å². The van der Waals surface area contributed by atoms with Crippen LogP contribution < -0.4 is 0 Å². The molecule has 0 radical (unpaired) electrons. The van der Waals surface area contributed by atoms with E-state index in [1.54, 1.807) is 0 Å². The first-order valence-electron chi connectivity index (χ1n) is 6.31. The van der Waals surface area contributed by atoms with Crippen molar-refractivity contribution in [3.05, 3.63) is 23.8 Å². The summed E-state index contributed by atoms with van der Waals surface area (Å²) in [7, 11) is 0. The lowest BCUT2D eigenvalue weighted by Gasteiger charge is -2.36. The maximum absolute atomic E-state index is 10.8. The van der Waals surface area contributed by atoms with Gasteiger partial charge in [0.2, 0.25) is 0 Å². The van der Waals surface area contributed by atoms with E-state index < -0.39 is 0 Å². The van der Waals surface area contributed by atoms with Crippen molar-refractivity contribution >= 4 is 6.29 Å². The molecule has 2 atom stereocenters. The molecule has 0 aromatic rings. The Morgan fingerprint density at radius 3 is 2.75 bits per heavy atom. The van der Waals surface area contributed by atoms with E-state index in [1.807, 2.05) is 0 Å². The molecule has 16 heavy (non-hydrogen) atoms. The second kappa shape index (κ2) is 5.47. The highest BCUT2D eigenvalue weighted by molar-refractivity contribution is 5.56. The lowest BCUT2D eigenvalue weighted by molar-refractivity contribution is -0.109. The highest BCUT2D eigenvalue weighted by Gasteiger charge is 2.30. The average Bonchev–Trinajstić information content (AvgIpc) is 2.22. The topological polar surface area (TPSA) is 17.1 Å². The molecule has 0 aliphatic heterocycles. The van der Waals surface area contributed by atoms with Crippen LogP contribution in [0.2, 0.25) is 0 Å². The molecule has 0 N–H and O–H groups in total. The Hall–Kier alpha value is -0.850. The number of hydrogen-bond acceptors (Lipinski definition) is 1. The molecule has 0 spiro atoms. The van der Waals surface area contributed by atoms with Gasteiger partial charge in [0.15, 0.2) is 0 Å². The predicted molar refractivity (Wildman–Crippen MR) is 69.2 cm³/mol. The van der Waals surface area contributed by atoms with Crippen molar-refractivity contribution in [2.24, 2.45) is 17.3 Å². The Labute approximate surface area is 99.6 Å². The Morgan fingerprint density at radius 2 is 2.25 bits per heavy atom. The van der Waals surface area contributed by atoms with Gasteiger partial charge in [-0.2, -0.15) is 0 Å². The Kier molecular flexibility index (Phi) is 4.52. The van der Waals surface area contributed by atoms with Crippen LogP contribution in [0.25, 0.3) is 0 Å². The summed E-state index contributed by atoms with van der Waals surface area (Å²) in [5.41, 5.74) is 1.78. The van der Waals surface area contributed by atoms with E-state index in [-0.39, 0.29) is 5.92 Å². The highest BCUT2D eigenvalue weighted by atomic mass is 16.1. The normalized spacial score (nSPS) is 26.5. The van der Waals surface area contributed by atoms with Gasteiger partial charge in [0, 0.05) is 11.8 Å². The monoisotopic (exact) mass is 220 g/mol. The zero-order valence-corrected chi connectivity index (χ0v) is 11.0. The Bertz CT molecular complexity index is 297. The van der Waals surface area contributed by atoms with Crippen LogP contribution in [-0.4, -0.2) is 6.29 Å². The molecule has 2 unspecified atom stereocenters. The zero-order chi connectivity index (χ0) is 12.2. The minimum atomic E-state index is 0.0885. The fourth-order valence-electron chi connectivity index (χ4n) is 2.51. The summed E-state index contributed by atoms with van der Waals surface area (Å²) in [5, 5.41) is 0. The van der Waals surface area contributed by atoms with E-state index in [0.717, 1.165) is 12.7 Å². The van der Waals surface area contributed by atoms with E-state index >= 15 is 0 Å². The van der Waals surface area contributed by atoms with Crippen molar-refractivity contribution in [2.75, 3.05) is 0 Å². The number of allylic oxidation sites excluding steroid dienone is 4. The minimum Gasteiger partial charge on any atom is -0.303 e. The maximum Gasteiger partial charge on any atom is 0.126 e. The van der Waals surface area contributed by atoms with E-state index in [2.05, 4.69) is 45.9 Å². The van der Waals surface area contributed by atoms with Crippen LogP contribution in [0.4, 0.5) is 0 Å². The molecule has 1 aliphatic carbocycles. The summed E-state index contributed by atoms with van der Waals surface area (Å²) in [4.78, 5) is 10.8. The van der Waals surface area contributed by atoms with Gasteiger partial charge in [-0.25, -0.2) is 0 Å². The summed E-state index contributed by atoms with van der Waals surface area (Å²) < 4.78 is 0. The number of carbonyl (C=O) groups excluding carboxylic acids is 1.